The molecule has 0 bridgehead atoms. The summed E-state index contributed by atoms with van der Waals surface area (Å²) in [4.78, 5) is 38.5. The van der Waals surface area contributed by atoms with Crippen molar-refractivity contribution >= 4 is 58.1 Å². The number of ether oxygens (including phenoxy) is 1. The largest absolute Gasteiger partial charge is 0.457 e. The second kappa shape index (κ2) is 8.52. The number of Topliss-reactive ketones (excluding diaryl/α,β-unsaturated/α-hetero) is 1. The molecule has 3 rings (SSSR count). The first-order chi connectivity index (χ1) is 13.3. The number of ketones is 1. The lowest BCUT2D eigenvalue weighted by molar-refractivity contribution is -0.147. The quantitative estimate of drug-likeness (QED) is 0.498. The smallest absolute Gasteiger partial charge is 0.311 e. The molecule has 1 aliphatic rings. The Morgan fingerprint density at radius 1 is 1.14 bits per heavy atom. The Bertz CT molecular complexity index is 960. The van der Waals surface area contributed by atoms with Gasteiger partial charge in [-0.2, -0.15) is 0 Å². The number of esters is 1. The van der Waals surface area contributed by atoms with Gasteiger partial charge in [-0.3, -0.25) is 14.4 Å². The van der Waals surface area contributed by atoms with E-state index in [1.54, 1.807) is 18.2 Å². The van der Waals surface area contributed by atoms with Crippen LogP contribution in [0.4, 0.5) is 5.69 Å². The molecule has 0 saturated carbocycles. The van der Waals surface area contributed by atoms with Crippen molar-refractivity contribution < 1.29 is 19.1 Å². The van der Waals surface area contributed by atoms with Crippen LogP contribution in [-0.2, 0) is 14.3 Å². The lowest BCUT2D eigenvalue weighted by Gasteiger charge is -2.19. The number of hydrogen-bond acceptors (Lipinski definition) is 4. The standard InChI is InChI=1S/C20H16Cl3NO4/c1-11-15(22)3-2-4-17(11)24-9-12(7-19(24)26)20(27)28-10-18(25)14-6-5-13(21)8-16(14)23/h2-6,8,12H,7,9-10H2,1H3/t12-/m1/s1. The van der Waals surface area contributed by atoms with Gasteiger partial charge in [0.15, 0.2) is 6.61 Å². The van der Waals surface area contributed by atoms with Crippen LogP contribution in [0, 0.1) is 12.8 Å². The molecule has 0 radical (unpaired) electrons. The molecule has 1 saturated heterocycles. The molecule has 146 valence electrons. The van der Waals surface area contributed by atoms with E-state index < -0.39 is 24.3 Å². The van der Waals surface area contributed by atoms with E-state index in [0.29, 0.717) is 15.7 Å². The second-order valence-corrected chi connectivity index (χ2v) is 7.70. The van der Waals surface area contributed by atoms with Crippen LogP contribution < -0.4 is 4.90 Å². The number of amides is 1. The summed E-state index contributed by atoms with van der Waals surface area (Å²) in [5.74, 6) is -1.89. The summed E-state index contributed by atoms with van der Waals surface area (Å²) in [6.45, 7) is 1.53. The highest BCUT2D eigenvalue weighted by molar-refractivity contribution is 6.37. The number of anilines is 1. The van der Waals surface area contributed by atoms with Gasteiger partial charge in [0.2, 0.25) is 11.7 Å². The van der Waals surface area contributed by atoms with Gasteiger partial charge >= 0.3 is 5.97 Å². The van der Waals surface area contributed by atoms with E-state index in [-0.39, 0.29) is 29.5 Å². The first kappa shape index (κ1) is 20.6. The molecule has 0 aliphatic carbocycles. The monoisotopic (exact) mass is 439 g/mol. The van der Waals surface area contributed by atoms with E-state index in [2.05, 4.69) is 0 Å². The number of rotatable bonds is 5. The van der Waals surface area contributed by atoms with Crippen LogP contribution in [0.3, 0.4) is 0 Å². The fourth-order valence-electron chi connectivity index (χ4n) is 3.03. The zero-order chi connectivity index (χ0) is 20.4. The summed E-state index contributed by atoms with van der Waals surface area (Å²) >= 11 is 17.9. The number of carbonyl (C=O) groups is 3. The highest BCUT2D eigenvalue weighted by Crippen LogP contribution is 2.32. The Morgan fingerprint density at radius 3 is 2.61 bits per heavy atom. The molecule has 0 spiro atoms. The number of benzene rings is 2. The molecule has 2 aromatic rings. The molecular formula is C20H16Cl3NO4. The van der Waals surface area contributed by atoms with E-state index in [1.165, 1.54) is 23.1 Å². The first-order valence-corrected chi connectivity index (χ1v) is 9.61. The minimum absolute atomic E-state index is 0.0146. The molecule has 1 heterocycles. The van der Waals surface area contributed by atoms with Crippen molar-refractivity contribution in [2.75, 3.05) is 18.1 Å². The van der Waals surface area contributed by atoms with Crippen LogP contribution in [0.5, 0.6) is 0 Å². The van der Waals surface area contributed by atoms with Crippen molar-refractivity contribution in [1.82, 2.24) is 0 Å². The number of halogens is 3. The Morgan fingerprint density at radius 2 is 1.89 bits per heavy atom. The molecule has 0 aromatic heterocycles. The summed E-state index contributed by atoms with van der Waals surface area (Å²) in [5.41, 5.74) is 1.65. The Labute approximate surface area is 177 Å². The molecule has 1 fully saturated rings. The van der Waals surface area contributed by atoms with Crippen molar-refractivity contribution in [3.63, 3.8) is 0 Å². The second-order valence-electron chi connectivity index (χ2n) is 6.44. The third-order valence-corrected chi connectivity index (χ3v) is 5.52. The van der Waals surface area contributed by atoms with Gasteiger partial charge in [-0.1, -0.05) is 40.9 Å². The van der Waals surface area contributed by atoms with Gasteiger partial charge < -0.3 is 9.64 Å². The van der Waals surface area contributed by atoms with E-state index in [4.69, 9.17) is 39.5 Å². The summed E-state index contributed by atoms with van der Waals surface area (Å²) in [6, 6.07) is 9.71. The van der Waals surface area contributed by atoms with Crippen LogP contribution in [0.1, 0.15) is 22.3 Å². The molecule has 0 N–H and O–H groups in total. The van der Waals surface area contributed by atoms with Crippen LogP contribution in [0.2, 0.25) is 15.1 Å². The van der Waals surface area contributed by atoms with Crippen LogP contribution in [0.15, 0.2) is 36.4 Å². The van der Waals surface area contributed by atoms with Gasteiger partial charge in [0.1, 0.15) is 0 Å². The maximum absolute atomic E-state index is 12.4. The van der Waals surface area contributed by atoms with Crippen molar-refractivity contribution in [3.05, 3.63) is 62.6 Å². The van der Waals surface area contributed by atoms with E-state index >= 15 is 0 Å². The average molecular weight is 441 g/mol. The van der Waals surface area contributed by atoms with Crippen molar-refractivity contribution in [3.8, 4) is 0 Å². The summed E-state index contributed by atoms with van der Waals surface area (Å²) in [5, 5.41) is 1.13. The summed E-state index contributed by atoms with van der Waals surface area (Å²) in [7, 11) is 0. The molecule has 0 unspecified atom stereocenters. The van der Waals surface area contributed by atoms with E-state index in [0.717, 1.165) is 5.56 Å². The molecule has 28 heavy (non-hydrogen) atoms. The fourth-order valence-corrected chi connectivity index (χ4v) is 3.72. The fraction of sp³-hybridized carbons (Fsp3) is 0.250. The topological polar surface area (TPSA) is 63.7 Å². The third kappa shape index (κ3) is 4.32. The van der Waals surface area contributed by atoms with Gasteiger partial charge in [-0.05, 0) is 42.8 Å². The molecule has 1 aliphatic heterocycles. The molecule has 5 nitrogen and oxygen atoms in total. The summed E-state index contributed by atoms with van der Waals surface area (Å²) in [6.07, 6.45) is 0.0146. The van der Waals surface area contributed by atoms with Crippen LogP contribution in [0.25, 0.3) is 0 Å². The highest BCUT2D eigenvalue weighted by Gasteiger charge is 2.37. The number of nitrogens with zero attached hydrogens (tertiary/aromatic N) is 1. The van der Waals surface area contributed by atoms with Crippen molar-refractivity contribution in [1.29, 1.82) is 0 Å². The zero-order valence-electron chi connectivity index (χ0n) is 14.9. The highest BCUT2D eigenvalue weighted by atomic mass is 35.5. The van der Waals surface area contributed by atoms with Gasteiger partial charge in [0, 0.05) is 34.3 Å². The van der Waals surface area contributed by atoms with Crippen LogP contribution in [-0.4, -0.2) is 30.8 Å². The van der Waals surface area contributed by atoms with Crippen LogP contribution >= 0.6 is 34.8 Å². The van der Waals surface area contributed by atoms with Gasteiger partial charge in [-0.15, -0.1) is 0 Å². The van der Waals surface area contributed by atoms with E-state index in [9.17, 15) is 14.4 Å². The number of hydrogen-bond donors (Lipinski definition) is 0. The van der Waals surface area contributed by atoms with Gasteiger partial charge in [-0.25, -0.2) is 0 Å². The van der Waals surface area contributed by atoms with Gasteiger partial charge in [0.25, 0.3) is 0 Å². The molecule has 8 heteroatoms. The summed E-state index contributed by atoms with van der Waals surface area (Å²) < 4.78 is 5.13. The normalized spacial score (nSPS) is 16.4. The van der Waals surface area contributed by atoms with Crippen molar-refractivity contribution in [2.24, 2.45) is 5.92 Å². The number of carbonyl (C=O) groups excluding carboxylic acids is 3. The molecule has 1 amide bonds. The Kier molecular flexibility index (Phi) is 6.28. The average Bonchev–Trinajstić information content (AvgIpc) is 3.03. The zero-order valence-corrected chi connectivity index (χ0v) is 17.1. The first-order valence-electron chi connectivity index (χ1n) is 8.48. The van der Waals surface area contributed by atoms with E-state index in [1.807, 2.05) is 6.92 Å². The maximum atomic E-state index is 12.4. The SMILES string of the molecule is Cc1c(Cl)cccc1N1C[C@H](C(=O)OCC(=O)c2ccc(Cl)cc2Cl)CC1=O. The third-order valence-electron chi connectivity index (χ3n) is 4.57. The predicted octanol–water partition coefficient (Wildman–Crippen LogP) is 4.73. The minimum atomic E-state index is -0.653. The molecule has 2 aromatic carbocycles. The maximum Gasteiger partial charge on any atom is 0.311 e. The molecule has 1 atom stereocenters. The molecular weight excluding hydrogens is 425 g/mol. The predicted molar refractivity (Wildman–Crippen MR) is 108 cm³/mol. The Balaban J connectivity index is 1.63. The van der Waals surface area contributed by atoms with Crippen molar-refractivity contribution in [2.45, 2.75) is 13.3 Å². The Hall–Kier alpha value is -2.08. The lowest BCUT2D eigenvalue weighted by Crippen LogP contribution is -2.27. The lowest BCUT2D eigenvalue weighted by atomic mass is 10.1. The van der Waals surface area contributed by atoms with Gasteiger partial charge in [0.05, 0.1) is 10.9 Å². The minimum Gasteiger partial charge on any atom is -0.457 e.